The Morgan fingerprint density at radius 3 is 2.30 bits per heavy atom. The molecule has 0 saturated heterocycles. The summed E-state index contributed by atoms with van der Waals surface area (Å²) in [6, 6.07) is 11.4. The topological polar surface area (TPSA) is 66.8 Å². The number of hydrogen-bond donors (Lipinski definition) is 0. The maximum absolute atomic E-state index is 13.5. The van der Waals surface area contributed by atoms with E-state index in [1.54, 1.807) is 56.3 Å². The highest BCUT2D eigenvalue weighted by molar-refractivity contribution is 6.35. The Morgan fingerprint density at radius 1 is 1.07 bits per heavy atom. The van der Waals surface area contributed by atoms with Crippen LogP contribution in [0.2, 0.25) is 5.02 Å². The second-order valence-corrected chi connectivity index (χ2v) is 7.20. The van der Waals surface area contributed by atoms with Gasteiger partial charge in [0.05, 0.1) is 6.21 Å². The molecule has 1 aliphatic heterocycles. The molecule has 0 saturated carbocycles. The van der Waals surface area contributed by atoms with Crippen molar-refractivity contribution in [1.82, 2.24) is 5.01 Å². The zero-order chi connectivity index (χ0) is 19.3. The number of ketones is 2. The van der Waals surface area contributed by atoms with Crippen LogP contribution < -0.4 is 0 Å². The van der Waals surface area contributed by atoms with E-state index in [0.717, 1.165) is 10.6 Å². The predicted molar refractivity (Wildman–Crippen MR) is 102 cm³/mol. The van der Waals surface area contributed by atoms with Crippen molar-refractivity contribution in [3.8, 4) is 0 Å². The summed E-state index contributed by atoms with van der Waals surface area (Å²) in [5.74, 6) is -1.44. The Morgan fingerprint density at radius 2 is 1.70 bits per heavy atom. The number of fused-ring (bicyclic) bond motifs is 3. The lowest BCUT2D eigenvalue weighted by molar-refractivity contribution is -0.130. The molecule has 2 aromatic rings. The zero-order valence-corrected chi connectivity index (χ0v) is 15.4. The van der Waals surface area contributed by atoms with E-state index in [1.807, 2.05) is 0 Å². The van der Waals surface area contributed by atoms with Crippen molar-refractivity contribution >= 4 is 35.3 Å². The van der Waals surface area contributed by atoms with Crippen molar-refractivity contribution in [3.05, 3.63) is 81.4 Å². The number of rotatable bonds is 1. The Labute approximate surface area is 160 Å². The molecule has 0 unspecified atom stereocenters. The summed E-state index contributed by atoms with van der Waals surface area (Å²) in [6.07, 6.45) is 2.82. The molecule has 0 bridgehead atoms. The molecular formula is C21H15ClN2O3. The second-order valence-electron chi connectivity index (χ2n) is 6.76. The maximum Gasteiger partial charge on any atom is 0.268 e. The number of halogens is 1. The molecule has 0 atom stereocenters. The van der Waals surface area contributed by atoms with Crippen molar-refractivity contribution < 1.29 is 14.4 Å². The van der Waals surface area contributed by atoms with Gasteiger partial charge in [-0.2, -0.15) is 5.10 Å². The normalized spacial score (nSPS) is 16.3. The lowest BCUT2D eigenvalue weighted by Crippen LogP contribution is -2.56. The summed E-state index contributed by atoms with van der Waals surface area (Å²) in [6.45, 7) is 3.53. The van der Waals surface area contributed by atoms with Gasteiger partial charge in [0.25, 0.3) is 5.91 Å². The van der Waals surface area contributed by atoms with Crippen molar-refractivity contribution in [2.24, 2.45) is 5.10 Å². The molecule has 27 heavy (non-hydrogen) atoms. The molecule has 2 aliphatic rings. The van der Waals surface area contributed by atoms with E-state index < -0.39 is 23.0 Å². The van der Waals surface area contributed by atoms with Gasteiger partial charge in [0, 0.05) is 33.4 Å². The average Bonchev–Trinajstić information content (AvgIpc) is 2.85. The zero-order valence-electron chi connectivity index (χ0n) is 14.7. The number of amides is 1. The van der Waals surface area contributed by atoms with E-state index in [0.29, 0.717) is 16.1 Å². The molecule has 0 N–H and O–H groups in total. The number of hydrazone groups is 1. The fourth-order valence-corrected chi connectivity index (χ4v) is 3.81. The van der Waals surface area contributed by atoms with Crippen LogP contribution in [0, 0.1) is 0 Å². The average molecular weight is 379 g/mol. The van der Waals surface area contributed by atoms with E-state index in [2.05, 4.69) is 5.10 Å². The Hall–Kier alpha value is -3.05. The maximum atomic E-state index is 13.5. The minimum atomic E-state index is -1.85. The van der Waals surface area contributed by atoms with Gasteiger partial charge in [-0.1, -0.05) is 47.5 Å². The minimum Gasteiger partial charge on any atom is -0.290 e. The van der Waals surface area contributed by atoms with Crippen molar-refractivity contribution in [2.75, 3.05) is 0 Å². The van der Waals surface area contributed by atoms with Gasteiger partial charge in [0.1, 0.15) is 0 Å². The monoisotopic (exact) mass is 378 g/mol. The standard InChI is InChI=1S/C21H15ClN2O3/c1-12(2)9-18(25)24-21(17-8-7-14(22)10-13(17)11-23-24)19(26)15-5-3-4-6-16(15)20(21)27/h3-11H,1-2H3. The van der Waals surface area contributed by atoms with Crippen LogP contribution in [0.25, 0.3) is 0 Å². The molecule has 0 aromatic heterocycles. The SMILES string of the molecule is CC(C)=CC(=O)N1N=Cc2cc(Cl)ccc2C12C(=O)c1ccccc1C2=O. The first-order chi connectivity index (χ1) is 12.9. The van der Waals surface area contributed by atoms with Crippen molar-refractivity contribution in [3.63, 3.8) is 0 Å². The van der Waals surface area contributed by atoms with Gasteiger partial charge in [0.15, 0.2) is 0 Å². The number of hydrogen-bond acceptors (Lipinski definition) is 4. The summed E-state index contributed by atoms with van der Waals surface area (Å²) in [7, 11) is 0. The van der Waals surface area contributed by atoms with E-state index in [4.69, 9.17) is 11.6 Å². The quantitative estimate of drug-likeness (QED) is 0.560. The van der Waals surface area contributed by atoms with Gasteiger partial charge in [-0.25, -0.2) is 5.01 Å². The van der Waals surface area contributed by atoms with Crippen LogP contribution in [-0.2, 0) is 10.3 Å². The number of allylic oxidation sites excluding steroid dienone is 1. The Balaban J connectivity index is 2.03. The van der Waals surface area contributed by atoms with Gasteiger partial charge in [0.2, 0.25) is 17.1 Å². The Kier molecular flexibility index (Phi) is 3.86. The molecule has 1 aliphatic carbocycles. The molecule has 6 heteroatoms. The third kappa shape index (κ3) is 2.32. The molecule has 2 aromatic carbocycles. The molecular weight excluding hydrogens is 364 g/mol. The lowest BCUT2D eigenvalue weighted by Gasteiger charge is -2.38. The first kappa shape index (κ1) is 17.4. The third-order valence-electron chi connectivity index (χ3n) is 4.73. The largest absolute Gasteiger partial charge is 0.290 e. The van der Waals surface area contributed by atoms with Crippen molar-refractivity contribution in [1.29, 1.82) is 0 Å². The van der Waals surface area contributed by atoms with E-state index in [-0.39, 0.29) is 11.1 Å². The van der Waals surface area contributed by atoms with Crippen LogP contribution in [0.5, 0.6) is 0 Å². The molecule has 0 fully saturated rings. The van der Waals surface area contributed by atoms with Crippen LogP contribution in [-0.4, -0.2) is 28.7 Å². The smallest absolute Gasteiger partial charge is 0.268 e. The molecule has 0 radical (unpaired) electrons. The molecule has 1 heterocycles. The fourth-order valence-electron chi connectivity index (χ4n) is 3.63. The van der Waals surface area contributed by atoms with Gasteiger partial charge < -0.3 is 0 Å². The Bertz CT molecular complexity index is 1050. The summed E-state index contributed by atoms with van der Waals surface area (Å²) in [4.78, 5) is 39.9. The van der Waals surface area contributed by atoms with Crippen LogP contribution in [0.3, 0.4) is 0 Å². The highest BCUT2D eigenvalue weighted by Crippen LogP contribution is 2.45. The minimum absolute atomic E-state index is 0.288. The summed E-state index contributed by atoms with van der Waals surface area (Å²) >= 11 is 6.08. The number of Topliss-reactive ketones (excluding diaryl/α,β-unsaturated/α-hetero) is 2. The summed E-state index contributed by atoms with van der Waals surface area (Å²) < 4.78 is 0. The van der Waals surface area contributed by atoms with Gasteiger partial charge in [-0.15, -0.1) is 0 Å². The second kappa shape index (κ2) is 5.99. The molecule has 1 spiro atoms. The molecule has 134 valence electrons. The van der Waals surface area contributed by atoms with Crippen LogP contribution >= 0.6 is 11.6 Å². The van der Waals surface area contributed by atoms with Crippen molar-refractivity contribution in [2.45, 2.75) is 19.4 Å². The van der Waals surface area contributed by atoms with E-state index in [1.165, 1.54) is 12.3 Å². The first-order valence-corrected chi connectivity index (χ1v) is 8.77. The predicted octanol–water partition coefficient (Wildman–Crippen LogP) is 3.76. The van der Waals surface area contributed by atoms with Crippen LogP contribution in [0.15, 0.2) is 59.2 Å². The highest BCUT2D eigenvalue weighted by atomic mass is 35.5. The third-order valence-corrected chi connectivity index (χ3v) is 4.96. The number of benzene rings is 2. The lowest BCUT2D eigenvalue weighted by atomic mass is 9.80. The van der Waals surface area contributed by atoms with Gasteiger partial charge in [-0.3, -0.25) is 14.4 Å². The van der Waals surface area contributed by atoms with Gasteiger partial charge in [-0.05, 0) is 26.0 Å². The fraction of sp³-hybridized carbons (Fsp3) is 0.143. The highest BCUT2D eigenvalue weighted by Gasteiger charge is 2.61. The summed E-state index contributed by atoms with van der Waals surface area (Å²) in [5.41, 5.74) is 0.414. The number of carbonyl (C=O) groups excluding carboxylic acids is 3. The molecule has 4 rings (SSSR count). The van der Waals surface area contributed by atoms with E-state index in [9.17, 15) is 14.4 Å². The molecule has 5 nitrogen and oxygen atoms in total. The number of nitrogens with zero attached hydrogens (tertiary/aromatic N) is 2. The number of carbonyl (C=O) groups is 3. The van der Waals surface area contributed by atoms with Crippen LogP contribution in [0.1, 0.15) is 45.7 Å². The van der Waals surface area contributed by atoms with Gasteiger partial charge >= 0.3 is 0 Å². The first-order valence-electron chi connectivity index (χ1n) is 8.39. The van der Waals surface area contributed by atoms with Crippen LogP contribution in [0.4, 0.5) is 0 Å². The molecule has 1 amide bonds. The summed E-state index contributed by atoms with van der Waals surface area (Å²) in [5, 5.41) is 5.65. The van der Waals surface area contributed by atoms with E-state index >= 15 is 0 Å².